The molecule has 3 aromatic carbocycles. The van der Waals surface area contributed by atoms with E-state index in [1.54, 1.807) is 51.7 Å². The monoisotopic (exact) mass is 458 g/mol. The molecule has 0 bridgehead atoms. The van der Waals surface area contributed by atoms with Gasteiger partial charge in [0.05, 0.1) is 33.3 Å². The van der Waals surface area contributed by atoms with E-state index in [4.69, 9.17) is 23.7 Å². The van der Waals surface area contributed by atoms with Crippen molar-refractivity contribution in [3.8, 4) is 28.7 Å². The molecule has 0 N–H and O–H groups in total. The molecule has 1 unspecified atom stereocenters. The molecule has 2 aliphatic heterocycles. The predicted molar refractivity (Wildman–Crippen MR) is 124 cm³/mol. The molecule has 7 heteroatoms. The summed E-state index contributed by atoms with van der Waals surface area (Å²) < 4.78 is 27.8. The molecule has 2 aliphatic rings. The lowest BCUT2D eigenvalue weighted by atomic mass is 9.84. The Labute approximate surface area is 196 Å². The van der Waals surface area contributed by atoms with Crippen LogP contribution in [-0.2, 0) is 4.79 Å². The van der Waals surface area contributed by atoms with Gasteiger partial charge in [-0.15, -0.1) is 0 Å². The van der Waals surface area contributed by atoms with Gasteiger partial charge >= 0.3 is 5.97 Å². The molecule has 0 saturated heterocycles. The van der Waals surface area contributed by atoms with E-state index < -0.39 is 0 Å². The molecule has 34 heavy (non-hydrogen) atoms. The fourth-order valence-corrected chi connectivity index (χ4v) is 4.42. The summed E-state index contributed by atoms with van der Waals surface area (Å²) in [6, 6.07) is 16.1. The standard InChI is InChI=1S/C27H22O7/c1-30-19-7-5-4-6-16(19)18-14-24(28)33-21-11-9-17-26(29)23(34-27(17)25(18)21)13-15-8-10-20(31-2)22(12-15)32-3/h4-13,18H,14H2,1-3H3/b23-13-. The quantitative estimate of drug-likeness (QED) is 0.310. The first-order valence-corrected chi connectivity index (χ1v) is 10.7. The zero-order valence-electron chi connectivity index (χ0n) is 18.9. The third kappa shape index (κ3) is 3.55. The van der Waals surface area contributed by atoms with E-state index in [1.807, 2.05) is 30.3 Å². The molecule has 3 aromatic rings. The zero-order valence-corrected chi connectivity index (χ0v) is 18.9. The molecule has 1 atom stereocenters. The molecule has 7 nitrogen and oxygen atoms in total. The van der Waals surface area contributed by atoms with E-state index in [0.717, 1.165) is 11.1 Å². The number of rotatable bonds is 5. The Morgan fingerprint density at radius 3 is 2.38 bits per heavy atom. The van der Waals surface area contributed by atoms with Crippen LogP contribution >= 0.6 is 0 Å². The largest absolute Gasteiger partial charge is 0.496 e. The number of hydrogen-bond donors (Lipinski definition) is 0. The van der Waals surface area contributed by atoms with Gasteiger partial charge in [0.15, 0.2) is 17.3 Å². The third-order valence-corrected chi connectivity index (χ3v) is 6.00. The fraction of sp³-hybridized carbons (Fsp3) is 0.185. The van der Waals surface area contributed by atoms with Gasteiger partial charge in [-0.1, -0.05) is 24.3 Å². The van der Waals surface area contributed by atoms with Crippen molar-refractivity contribution in [3.63, 3.8) is 0 Å². The van der Waals surface area contributed by atoms with Gasteiger partial charge in [-0.2, -0.15) is 0 Å². The number of para-hydroxylation sites is 1. The van der Waals surface area contributed by atoms with Gasteiger partial charge < -0.3 is 23.7 Å². The minimum absolute atomic E-state index is 0.107. The van der Waals surface area contributed by atoms with Crippen LogP contribution < -0.4 is 23.7 Å². The fourth-order valence-electron chi connectivity index (χ4n) is 4.42. The number of methoxy groups -OCH3 is 3. The van der Waals surface area contributed by atoms with Crippen LogP contribution in [0.1, 0.15) is 39.4 Å². The second-order valence-electron chi connectivity index (χ2n) is 7.88. The van der Waals surface area contributed by atoms with Crippen molar-refractivity contribution < 1.29 is 33.3 Å². The first-order valence-electron chi connectivity index (χ1n) is 10.7. The Morgan fingerprint density at radius 2 is 1.62 bits per heavy atom. The number of fused-ring (bicyclic) bond motifs is 3. The van der Waals surface area contributed by atoms with E-state index in [-0.39, 0.29) is 29.9 Å². The van der Waals surface area contributed by atoms with Gasteiger partial charge in [0.2, 0.25) is 5.78 Å². The highest BCUT2D eigenvalue weighted by Crippen LogP contribution is 2.50. The number of hydrogen-bond acceptors (Lipinski definition) is 7. The van der Waals surface area contributed by atoms with Crippen LogP contribution in [0.15, 0.2) is 60.4 Å². The first kappa shape index (κ1) is 21.6. The molecule has 0 aromatic heterocycles. The van der Waals surface area contributed by atoms with Gasteiger partial charge in [-0.05, 0) is 42.0 Å². The van der Waals surface area contributed by atoms with Crippen LogP contribution in [0.3, 0.4) is 0 Å². The molecule has 2 heterocycles. The number of ketones is 1. The van der Waals surface area contributed by atoms with Crippen LogP contribution in [0.2, 0.25) is 0 Å². The van der Waals surface area contributed by atoms with Crippen LogP contribution in [0.5, 0.6) is 28.7 Å². The lowest BCUT2D eigenvalue weighted by Gasteiger charge is -2.27. The van der Waals surface area contributed by atoms with Crippen molar-refractivity contribution in [1.29, 1.82) is 0 Å². The molecule has 0 radical (unpaired) electrons. The molecule has 0 spiro atoms. The Hall–Kier alpha value is -4.26. The molecule has 0 fully saturated rings. The number of carbonyl (C=O) groups is 2. The van der Waals surface area contributed by atoms with Crippen LogP contribution in [0.4, 0.5) is 0 Å². The molecule has 0 saturated carbocycles. The molecule has 0 amide bonds. The van der Waals surface area contributed by atoms with Crippen molar-refractivity contribution in [2.75, 3.05) is 21.3 Å². The van der Waals surface area contributed by atoms with Gasteiger partial charge in [0, 0.05) is 17.0 Å². The highest BCUT2D eigenvalue weighted by molar-refractivity contribution is 6.15. The highest BCUT2D eigenvalue weighted by Gasteiger charge is 2.39. The average Bonchev–Trinajstić information content (AvgIpc) is 3.18. The second-order valence-corrected chi connectivity index (χ2v) is 7.88. The third-order valence-electron chi connectivity index (χ3n) is 6.00. The van der Waals surface area contributed by atoms with E-state index in [2.05, 4.69) is 0 Å². The van der Waals surface area contributed by atoms with Crippen molar-refractivity contribution in [3.05, 3.63) is 82.6 Å². The highest BCUT2D eigenvalue weighted by atomic mass is 16.5. The summed E-state index contributed by atoms with van der Waals surface area (Å²) in [5, 5.41) is 0. The second kappa shape index (κ2) is 8.59. The van der Waals surface area contributed by atoms with E-state index in [1.165, 1.54) is 0 Å². The van der Waals surface area contributed by atoms with Crippen molar-refractivity contribution in [1.82, 2.24) is 0 Å². The van der Waals surface area contributed by atoms with Crippen molar-refractivity contribution in [2.45, 2.75) is 12.3 Å². The van der Waals surface area contributed by atoms with Crippen LogP contribution in [0, 0.1) is 0 Å². The molecular weight excluding hydrogens is 436 g/mol. The van der Waals surface area contributed by atoms with E-state index >= 15 is 0 Å². The minimum Gasteiger partial charge on any atom is -0.496 e. The summed E-state index contributed by atoms with van der Waals surface area (Å²) in [5.74, 6) is 1.75. The minimum atomic E-state index is -0.379. The Balaban J connectivity index is 1.59. The maximum atomic E-state index is 13.2. The topological polar surface area (TPSA) is 80.3 Å². The molecule has 5 rings (SSSR count). The normalized spacial score (nSPS) is 17.5. The Kier molecular flexibility index (Phi) is 5.45. The average molecular weight is 458 g/mol. The SMILES string of the molecule is COc1ccc(/C=C2\Oc3c(ccc4c3C(c3ccccc3OC)CC(=O)O4)C2=O)cc1OC. The van der Waals surface area contributed by atoms with Gasteiger partial charge in [-0.25, -0.2) is 0 Å². The van der Waals surface area contributed by atoms with Crippen LogP contribution in [0.25, 0.3) is 6.08 Å². The summed E-state index contributed by atoms with van der Waals surface area (Å²) >= 11 is 0. The number of carbonyl (C=O) groups excluding carboxylic acids is 2. The van der Waals surface area contributed by atoms with Gasteiger partial charge in [-0.3, -0.25) is 9.59 Å². The Bertz CT molecular complexity index is 1340. The summed E-state index contributed by atoms with van der Waals surface area (Å²) in [7, 11) is 4.69. The maximum Gasteiger partial charge on any atom is 0.312 e. The zero-order chi connectivity index (χ0) is 23.8. The summed E-state index contributed by atoms with van der Waals surface area (Å²) in [6.45, 7) is 0. The Morgan fingerprint density at radius 1 is 0.853 bits per heavy atom. The number of esters is 1. The molecule has 0 aliphatic carbocycles. The summed E-state index contributed by atoms with van der Waals surface area (Å²) in [5.41, 5.74) is 2.62. The lowest BCUT2D eigenvalue weighted by Crippen LogP contribution is -2.22. The summed E-state index contributed by atoms with van der Waals surface area (Å²) in [6.07, 6.45) is 1.76. The van der Waals surface area contributed by atoms with Gasteiger partial charge in [0.1, 0.15) is 17.2 Å². The molecular formula is C27H22O7. The number of benzene rings is 3. The summed E-state index contributed by atoms with van der Waals surface area (Å²) in [4.78, 5) is 25.6. The number of Topliss-reactive ketones (excluding diaryl/α,β-unsaturated/α-hetero) is 1. The van der Waals surface area contributed by atoms with Crippen LogP contribution in [-0.4, -0.2) is 33.1 Å². The predicted octanol–water partition coefficient (Wildman–Crippen LogP) is 4.77. The maximum absolute atomic E-state index is 13.2. The van der Waals surface area contributed by atoms with E-state index in [0.29, 0.717) is 39.9 Å². The lowest BCUT2D eigenvalue weighted by molar-refractivity contribution is -0.135. The first-order chi connectivity index (χ1) is 16.5. The van der Waals surface area contributed by atoms with Crippen molar-refractivity contribution in [2.24, 2.45) is 0 Å². The smallest absolute Gasteiger partial charge is 0.312 e. The number of allylic oxidation sites excluding steroid dienone is 1. The molecule has 172 valence electrons. The van der Waals surface area contributed by atoms with E-state index in [9.17, 15) is 9.59 Å². The number of ether oxygens (including phenoxy) is 5. The van der Waals surface area contributed by atoms with Crippen molar-refractivity contribution >= 4 is 17.8 Å². The van der Waals surface area contributed by atoms with Gasteiger partial charge in [0.25, 0.3) is 0 Å².